The van der Waals surface area contributed by atoms with Gasteiger partial charge in [-0.05, 0) is 162 Å². The Morgan fingerprint density at radius 2 is 0.658 bits per heavy atom. The molecule has 12 aromatic carbocycles. The Morgan fingerprint density at radius 3 is 1.08 bits per heavy atom. The van der Waals surface area contributed by atoms with E-state index in [1.807, 2.05) is 0 Å². The third kappa shape index (κ3) is 5.61. The van der Waals surface area contributed by atoms with E-state index in [2.05, 4.69) is 255 Å². The third-order valence-electron chi connectivity index (χ3n) is 17.0. The molecule has 73 heavy (non-hydrogen) atoms. The zero-order chi connectivity index (χ0) is 48.4. The summed E-state index contributed by atoms with van der Waals surface area (Å²) >= 11 is 0. The van der Waals surface area contributed by atoms with Crippen molar-refractivity contribution in [2.75, 3.05) is 9.80 Å². The fourth-order valence-corrected chi connectivity index (χ4v) is 15.7. The number of benzene rings is 12. The second kappa shape index (κ2) is 14.9. The standard InChI is InChI=1S/C68H48B2N2Si/c1-41-33-51-55-36-46(71(42-21-9-5-10-22-42)43-23-11-6-12-24-43)34-53-48-29-18-20-32-59(48)70(67(53)55)61-39-57-62(73(2,3)4)40-52-56-37-47(72(44-25-13-7-14-26-44)45-27-15-8-16-28-45)35-54-49-30-17-19-31-58(49)69(68(54)56)60-38-50(41)65(63(51)61)66(57)64(52)60/h5-40H,1-4H3. The van der Waals surface area contributed by atoms with E-state index < -0.39 is 8.07 Å². The van der Waals surface area contributed by atoms with Crippen LogP contribution in [0.25, 0.3) is 76.8 Å². The lowest BCUT2D eigenvalue weighted by molar-refractivity contribution is 1.29. The molecular formula is C68H48B2N2Si. The van der Waals surface area contributed by atoms with Crippen LogP contribution in [-0.2, 0) is 0 Å². The highest BCUT2D eigenvalue weighted by molar-refractivity contribution is 7.04. The predicted molar refractivity (Wildman–Crippen MR) is 318 cm³/mol. The Bertz CT molecular complexity index is 4230. The normalized spacial score (nSPS) is 13.2. The molecule has 0 saturated carbocycles. The van der Waals surface area contributed by atoms with Gasteiger partial charge in [-0.2, -0.15) is 0 Å². The summed E-state index contributed by atoms with van der Waals surface area (Å²) in [5.74, 6) is 0. The van der Waals surface area contributed by atoms with Gasteiger partial charge in [-0.1, -0.05) is 203 Å². The number of fused-ring (bicyclic) bond motifs is 10. The molecule has 0 saturated heterocycles. The molecule has 4 aliphatic heterocycles. The topological polar surface area (TPSA) is 6.48 Å². The highest BCUT2D eigenvalue weighted by Gasteiger charge is 2.45. The summed E-state index contributed by atoms with van der Waals surface area (Å²) in [6.45, 7) is 10.3. The predicted octanol–water partition coefficient (Wildman–Crippen LogP) is 13.3. The number of anilines is 6. The largest absolute Gasteiger partial charge is 0.310 e. The van der Waals surface area contributed by atoms with Gasteiger partial charge in [0, 0.05) is 34.1 Å². The number of aryl methyl sites for hydroxylation is 1. The van der Waals surface area contributed by atoms with E-state index in [1.54, 1.807) is 5.19 Å². The molecule has 0 aliphatic carbocycles. The molecule has 0 spiro atoms. The first kappa shape index (κ1) is 41.3. The van der Waals surface area contributed by atoms with Crippen LogP contribution < -0.4 is 47.8 Å². The van der Waals surface area contributed by atoms with Gasteiger partial charge < -0.3 is 9.80 Å². The summed E-state index contributed by atoms with van der Waals surface area (Å²) in [7, 11) is -2.01. The molecule has 4 aliphatic rings. The van der Waals surface area contributed by atoms with Crippen molar-refractivity contribution < 1.29 is 0 Å². The van der Waals surface area contributed by atoms with Crippen LogP contribution in [0.1, 0.15) is 5.56 Å². The van der Waals surface area contributed by atoms with Crippen LogP contribution in [0.4, 0.5) is 34.1 Å². The maximum atomic E-state index is 2.71. The molecule has 0 bridgehead atoms. The smallest absolute Gasteiger partial charge is 0.244 e. The van der Waals surface area contributed by atoms with Gasteiger partial charge in [0.05, 0.1) is 8.07 Å². The minimum atomic E-state index is -2.01. The molecule has 0 N–H and O–H groups in total. The van der Waals surface area contributed by atoms with Crippen molar-refractivity contribution >= 4 is 126 Å². The lowest BCUT2D eigenvalue weighted by atomic mass is 9.34. The van der Waals surface area contributed by atoms with Crippen LogP contribution in [0.3, 0.4) is 0 Å². The van der Waals surface area contributed by atoms with Crippen molar-refractivity contribution in [3.8, 4) is 44.5 Å². The van der Waals surface area contributed by atoms with E-state index in [-0.39, 0.29) is 13.4 Å². The maximum absolute atomic E-state index is 2.71. The van der Waals surface area contributed by atoms with Gasteiger partial charge in [-0.3, -0.25) is 0 Å². The molecule has 16 rings (SSSR count). The van der Waals surface area contributed by atoms with Crippen LogP contribution >= 0.6 is 0 Å². The molecule has 5 heteroatoms. The van der Waals surface area contributed by atoms with Crippen molar-refractivity contribution in [2.24, 2.45) is 0 Å². The van der Waals surface area contributed by atoms with E-state index in [0.717, 1.165) is 22.7 Å². The molecule has 4 heterocycles. The number of rotatable bonds is 7. The fourth-order valence-electron chi connectivity index (χ4n) is 14.1. The van der Waals surface area contributed by atoms with Gasteiger partial charge in [0.15, 0.2) is 0 Å². The monoisotopic (exact) mass is 942 g/mol. The lowest BCUT2D eigenvalue weighted by Gasteiger charge is -2.35. The SMILES string of the molecule is Cc1cc2c3c(cc4c([Si](C)(C)C)cc5c6c(cc1c3c46)B1c3ccccc3-c3cc(N(c4ccccc4)c4ccccc4)cc-5c31)B1c3ccccc3-c3cc(N(c4ccccc4)c4ccccc4)cc-2c31. The van der Waals surface area contributed by atoms with Crippen molar-refractivity contribution in [2.45, 2.75) is 26.6 Å². The average molecular weight is 943 g/mol. The van der Waals surface area contributed by atoms with Crippen molar-refractivity contribution in [1.29, 1.82) is 0 Å². The molecule has 0 radical (unpaired) electrons. The zero-order valence-corrected chi connectivity index (χ0v) is 42.3. The molecule has 0 unspecified atom stereocenters. The number of nitrogens with zero attached hydrogens (tertiary/aromatic N) is 2. The van der Waals surface area contributed by atoms with E-state index in [9.17, 15) is 0 Å². The van der Waals surface area contributed by atoms with E-state index >= 15 is 0 Å². The minimum Gasteiger partial charge on any atom is -0.310 e. The van der Waals surface area contributed by atoms with Gasteiger partial charge in [-0.25, -0.2) is 0 Å². The van der Waals surface area contributed by atoms with Gasteiger partial charge in [0.1, 0.15) is 0 Å². The summed E-state index contributed by atoms with van der Waals surface area (Å²) in [6.07, 6.45) is 0. The van der Waals surface area contributed by atoms with Crippen LogP contribution in [0, 0.1) is 6.92 Å². The highest BCUT2D eigenvalue weighted by atomic mass is 28.3. The first-order valence-electron chi connectivity index (χ1n) is 26.0. The average Bonchev–Trinajstić information content (AvgIpc) is 3.94. The highest BCUT2D eigenvalue weighted by Crippen LogP contribution is 2.50. The fraction of sp³-hybridized carbons (Fsp3) is 0.0588. The molecule has 2 nitrogen and oxygen atoms in total. The van der Waals surface area contributed by atoms with E-state index in [1.165, 1.54) is 127 Å². The summed E-state index contributed by atoms with van der Waals surface area (Å²) in [6, 6.07) is 82.9. The summed E-state index contributed by atoms with van der Waals surface area (Å²) < 4.78 is 0. The van der Waals surface area contributed by atoms with Crippen LogP contribution in [0.15, 0.2) is 218 Å². The number of para-hydroxylation sites is 4. The van der Waals surface area contributed by atoms with Crippen LogP contribution in [-0.4, -0.2) is 21.5 Å². The Morgan fingerprint density at radius 1 is 0.301 bits per heavy atom. The van der Waals surface area contributed by atoms with Crippen LogP contribution in [0.2, 0.25) is 19.6 Å². The second-order valence-electron chi connectivity index (χ2n) is 22.0. The number of hydrogen-bond donors (Lipinski definition) is 0. The molecule has 340 valence electrons. The van der Waals surface area contributed by atoms with E-state index in [4.69, 9.17) is 0 Å². The molecule has 0 fully saturated rings. The first-order valence-corrected chi connectivity index (χ1v) is 29.5. The molecule has 0 amide bonds. The Balaban J connectivity index is 1.04. The zero-order valence-electron chi connectivity index (χ0n) is 41.3. The van der Waals surface area contributed by atoms with Crippen molar-refractivity contribution in [1.82, 2.24) is 0 Å². The van der Waals surface area contributed by atoms with Crippen molar-refractivity contribution in [3.63, 3.8) is 0 Å². The Labute approximate surface area is 428 Å². The minimum absolute atomic E-state index is 0.120. The summed E-state index contributed by atoms with van der Waals surface area (Å²) in [5, 5.41) is 10.1. The number of hydrogen-bond acceptors (Lipinski definition) is 2. The summed E-state index contributed by atoms with van der Waals surface area (Å²) in [4.78, 5) is 4.91. The van der Waals surface area contributed by atoms with Gasteiger partial charge in [0.2, 0.25) is 13.4 Å². The van der Waals surface area contributed by atoms with E-state index in [0.29, 0.717) is 0 Å². The van der Waals surface area contributed by atoms with Gasteiger partial charge in [-0.15, -0.1) is 0 Å². The van der Waals surface area contributed by atoms with Gasteiger partial charge in [0.25, 0.3) is 0 Å². The van der Waals surface area contributed by atoms with Crippen LogP contribution in [0.5, 0.6) is 0 Å². The Kier molecular flexibility index (Phi) is 8.40. The molecule has 0 atom stereocenters. The van der Waals surface area contributed by atoms with Gasteiger partial charge >= 0.3 is 0 Å². The van der Waals surface area contributed by atoms with Crippen molar-refractivity contribution in [3.05, 3.63) is 224 Å². The second-order valence-corrected chi connectivity index (χ2v) is 27.0. The molecule has 0 aromatic heterocycles. The third-order valence-corrected chi connectivity index (χ3v) is 19.0. The molecular weight excluding hydrogens is 894 g/mol. The maximum Gasteiger partial charge on any atom is 0.244 e. The first-order chi connectivity index (χ1) is 35.8. The summed E-state index contributed by atoms with van der Waals surface area (Å²) in [5.41, 5.74) is 27.8. The molecule has 12 aromatic rings. The quantitative estimate of drug-likeness (QED) is 0.116. The lowest BCUT2D eigenvalue weighted by Crippen LogP contribution is -2.53. The Hall–Kier alpha value is -8.37.